The summed E-state index contributed by atoms with van der Waals surface area (Å²) in [5.41, 5.74) is -0.210. The molecule has 2 bridgehead atoms. The normalized spacial score (nSPS) is 25.6. The minimum Gasteiger partial charge on any atom is -0.473 e. The van der Waals surface area contributed by atoms with Crippen molar-refractivity contribution in [3.05, 3.63) is 51.7 Å². The first-order chi connectivity index (χ1) is 12.0. The third-order valence-corrected chi connectivity index (χ3v) is 5.53. The van der Waals surface area contributed by atoms with Gasteiger partial charge in [0.2, 0.25) is 5.88 Å². The molecule has 1 aromatic carbocycles. The molecule has 5 nitrogen and oxygen atoms in total. The molecule has 25 heavy (non-hydrogen) atoms. The first-order valence-corrected chi connectivity index (χ1v) is 8.14. The van der Waals surface area contributed by atoms with Gasteiger partial charge in [0.15, 0.2) is 17.5 Å². The van der Waals surface area contributed by atoms with E-state index in [1.165, 1.54) is 0 Å². The molecule has 8 heteroatoms. The van der Waals surface area contributed by atoms with Crippen LogP contribution in [0.5, 0.6) is 5.88 Å². The van der Waals surface area contributed by atoms with Crippen LogP contribution in [-0.2, 0) is 13.2 Å². The lowest BCUT2D eigenvalue weighted by Crippen LogP contribution is -2.57. The summed E-state index contributed by atoms with van der Waals surface area (Å²) in [6.45, 7) is 0.442. The van der Waals surface area contributed by atoms with E-state index in [0.29, 0.717) is 12.6 Å². The molecule has 1 aromatic heterocycles. The van der Waals surface area contributed by atoms with Crippen LogP contribution in [0.25, 0.3) is 0 Å². The number of hydrogen-bond donors (Lipinski definition) is 0. The molecule has 1 aliphatic carbocycles. The molecular weight excluding hydrogens is 335 g/mol. The Bertz CT molecular complexity index is 934. The van der Waals surface area contributed by atoms with Crippen molar-refractivity contribution in [2.24, 2.45) is 0 Å². The Morgan fingerprint density at radius 3 is 2.72 bits per heavy atom. The zero-order valence-corrected chi connectivity index (χ0v) is 13.1. The van der Waals surface area contributed by atoms with Crippen LogP contribution >= 0.6 is 0 Å². The molecule has 1 saturated carbocycles. The van der Waals surface area contributed by atoms with Crippen LogP contribution in [0.3, 0.4) is 0 Å². The van der Waals surface area contributed by atoms with Gasteiger partial charge in [-0.15, -0.1) is 0 Å². The number of nitrogens with zero attached hydrogens (tertiary/aromatic N) is 3. The molecule has 0 amide bonds. The van der Waals surface area contributed by atoms with Crippen LogP contribution in [0.15, 0.2) is 23.0 Å². The summed E-state index contributed by atoms with van der Waals surface area (Å²) < 4.78 is 46.6. The van der Waals surface area contributed by atoms with E-state index in [-0.39, 0.29) is 23.6 Å². The fourth-order valence-electron chi connectivity index (χ4n) is 4.48. The Labute approximate surface area is 140 Å². The second-order valence-electron chi connectivity index (χ2n) is 6.97. The van der Waals surface area contributed by atoms with Crippen LogP contribution in [0.2, 0.25) is 0 Å². The molecule has 6 rings (SSSR count). The second-order valence-corrected chi connectivity index (χ2v) is 6.97. The van der Waals surface area contributed by atoms with Crippen molar-refractivity contribution in [1.29, 1.82) is 0 Å². The summed E-state index contributed by atoms with van der Waals surface area (Å²) in [4.78, 5) is 18.4. The molecule has 3 aliphatic heterocycles. The maximum Gasteiger partial charge on any atom is 0.352 e. The largest absolute Gasteiger partial charge is 0.473 e. The van der Waals surface area contributed by atoms with Gasteiger partial charge in [-0.2, -0.15) is 4.98 Å². The quantitative estimate of drug-likeness (QED) is 0.799. The second kappa shape index (κ2) is 4.77. The van der Waals surface area contributed by atoms with Crippen molar-refractivity contribution in [2.75, 3.05) is 4.90 Å². The van der Waals surface area contributed by atoms with Crippen molar-refractivity contribution >= 4 is 5.82 Å². The van der Waals surface area contributed by atoms with Crippen LogP contribution in [0, 0.1) is 17.5 Å². The van der Waals surface area contributed by atoms with Gasteiger partial charge in [-0.1, -0.05) is 0 Å². The van der Waals surface area contributed by atoms with Gasteiger partial charge in [-0.25, -0.2) is 18.0 Å². The van der Waals surface area contributed by atoms with Crippen LogP contribution in [0.4, 0.5) is 19.0 Å². The van der Waals surface area contributed by atoms with Crippen LogP contribution in [-0.4, -0.2) is 21.1 Å². The lowest BCUT2D eigenvalue weighted by atomic mass is 9.88. The molecule has 0 N–H and O–H groups in total. The number of hydrogen-bond acceptors (Lipinski definition) is 4. The SMILES string of the molecule is O=c1nc(OCc2cc(F)c(F)c(F)c2)cc2n1CC13CCC(C1)N23. The van der Waals surface area contributed by atoms with Gasteiger partial charge < -0.3 is 9.64 Å². The number of halogens is 3. The Hall–Kier alpha value is -2.51. The summed E-state index contributed by atoms with van der Waals surface area (Å²) in [5, 5.41) is 0. The molecule has 2 aromatic rings. The third-order valence-electron chi connectivity index (χ3n) is 5.53. The average molecular weight is 349 g/mol. The number of aromatic nitrogens is 2. The van der Waals surface area contributed by atoms with Gasteiger partial charge >= 0.3 is 5.69 Å². The number of ether oxygens (including phenoxy) is 1. The van der Waals surface area contributed by atoms with E-state index in [0.717, 1.165) is 37.2 Å². The van der Waals surface area contributed by atoms with Crippen molar-refractivity contribution < 1.29 is 17.9 Å². The van der Waals surface area contributed by atoms with Gasteiger partial charge in [0.25, 0.3) is 0 Å². The van der Waals surface area contributed by atoms with Gasteiger partial charge in [-0.05, 0) is 37.0 Å². The summed E-state index contributed by atoms with van der Waals surface area (Å²) in [6.07, 6.45) is 3.29. The first-order valence-electron chi connectivity index (χ1n) is 8.14. The molecule has 0 radical (unpaired) electrons. The molecule has 4 heterocycles. The van der Waals surface area contributed by atoms with Crippen molar-refractivity contribution in [3.63, 3.8) is 0 Å². The summed E-state index contributed by atoms with van der Waals surface area (Å²) in [7, 11) is 0. The monoisotopic (exact) mass is 349 g/mol. The highest BCUT2D eigenvalue weighted by Gasteiger charge is 2.61. The van der Waals surface area contributed by atoms with E-state index in [4.69, 9.17) is 4.74 Å². The first kappa shape index (κ1) is 14.8. The predicted molar refractivity (Wildman–Crippen MR) is 82.0 cm³/mol. The Kier molecular flexibility index (Phi) is 2.82. The van der Waals surface area contributed by atoms with Gasteiger partial charge in [0.05, 0.1) is 12.1 Å². The molecule has 2 saturated heterocycles. The van der Waals surface area contributed by atoms with E-state index >= 15 is 0 Å². The fourth-order valence-corrected chi connectivity index (χ4v) is 4.48. The van der Waals surface area contributed by atoms with Crippen molar-refractivity contribution in [3.8, 4) is 5.88 Å². The Morgan fingerprint density at radius 2 is 2.00 bits per heavy atom. The minimum atomic E-state index is -1.52. The molecule has 4 aliphatic rings. The van der Waals surface area contributed by atoms with E-state index in [9.17, 15) is 18.0 Å². The van der Waals surface area contributed by atoms with E-state index in [2.05, 4.69) is 9.88 Å². The molecule has 2 atom stereocenters. The van der Waals surface area contributed by atoms with Crippen molar-refractivity contribution in [2.45, 2.75) is 44.0 Å². The molecule has 2 unspecified atom stereocenters. The highest BCUT2D eigenvalue weighted by atomic mass is 19.2. The summed E-state index contributed by atoms with van der Waals surface area (Å²) >= 11 is 0. The van der Waals surface area contributed by atoms with E-state index in [1.807, 2.05) is 0 Å². The maximum absolute atomic E-state index is 13.3. The zero-order valence-electron chi connectivity index (χ0n) is 13.1. The zero-order chi connectivity index (χ0) is 17.3. The number of benzene rings is 1. The molecule has 130 valence electrons. The average Bonchev–Trinajstić information content (AvgIpc) is 3.19. The highest BCUT2D eigenvalue weighted by molar-refractivity contribution is 5.57. The predicted octanol–water partition coefficient (Wildman–Crippen LogP) is 2.36. The van der Waals surface area contributed by atoms with Gasteiger partial charge in [-0.3, -0.25) is 4.57 Å². The van der Waals surface area contributed by atoms with E-state index < -0.39 is 23.1 Å². The third kappa shape index (κ3) is 1.96. The summed E-state index contributed by atoms with van der Waals surface area (Å²) in [5.74, 6) is -3.18. The van der Waals surface area contributed by atoms with E-state index in [1.54, 1.807) is 10.6 Å². The lowest BCUT2D eigenvalue weighted by molar-refractivity contribution is 0.289. The number of anilines is 1. The molecule has 1 spiro atoms. The Morgan fingerprint density at radius 1 is 1.24 bits per heavy atom. The molecule has 3 fully saturated rings. The minimum absolute atomic E-state index is 0.0559. The standard InChI is InChI=1S/C17H14F3N3O2/c18-11-3-9(4-12(19)15(11)20)7-25-13-5-14-22(16(24)21-13)8-17-2-1-10(6-17)23(14)17/h3-5,10H,1-2,6-8H2. The van der Waals surface area contributed by atoms with Crippen LogP contribution < -0.4 is 15.3 Å². The van der Waals surface area contributed by atoms with Crippen LogP contribution in [0.1, 0.15) is 24.8 Å². The van der Waals surface area contributed by atoms with Crippen molar-refractivity contribution in [1.82, 2.24) is 9.55 Å². The van der Waals surface area contributed by atoms with Gasteiger partial charge in [0, 0.05) is 12.1 Å². The Balaban J connectivity index is 1.42. The summed E-state index contributed by atoms with van der Waals surface area (Å²) in [6, 6.07) is 3.88. The highest BCUT2D eigenvalue weighted by Crippen LogP contribution is 2.56. The topological polar surface area (TPSA) is 47.4 Å². The maximum atomic E-state index is 13.3. The lowest BCUT2D eigenvalue weighted by Gasteiger charge is -2.47. The van der Waals surface area contributed by atoms with Gasteiger partial charge in [0.1, 0.15) is 12.4 Å². The fraction of sp³-hybridized carbons (Fsp3) is 0.412. The smallest absolute Gasteiger partial charge is 0.352 e. The molecular formula is C17H14F3N3O2. The number of fused-ring (bicyclic) bond motifs is 2. The number of rotatable bonds is 3.